The summed E-state index contributed by atoms with van der Waals surface area (Å²) in [5.74, 6) is 1.48. The Labute approximate surface area is 207 Å². The number of para-hydroxylation sites is 1. The van der Waals surface area contributed by atoms with E-state index in [1.807, 2.05) is 83.4 Å². The second-order valence-corrected chi connectivity index (χ2v) is 8.77. The van der Waals surface area contributed by atoms with Crippen LogP contribution in [0.2, 0.25) is 0 Å². The Morgan fingerprint density at radius 2 is 1.69 bits per heavy atom. The lowest BCUT2D eigenvalue weighted by molar-refractivity contribution is -0.113. The third-order valence-electron chi connectivity index (χ3n) is 5.43. The average molecular weight is 482 g/mol. The number of ether oxygens (including phenoxy) is 1. The van der Waals surface area contributed by atoms with Gasteiger partial charge in [-0.15, -0.1) is 10.2 Å². The SMILES string of the molecule is COc1ccc(NC(=O)CSc2nnc(-c3ccc4ccccc4n3)n2Cc2ccccc2)cc1. The molecule has 8 heteroatoms. The summed E-state index contributed by atoms with van der Waals surface area (Å²) in [5, 5.41) is 13.5. The number of hydrogen-bond acceptors (Lipinski definition) is 6. The van der Waals surface area contributed by atoms with Crippen molar-refractivity contribution in [3.8, 4) is 17.3 Å². The van der Waals surface area contributed by atoms with Gasteiger partial charge >= 0.3 is 0 Å². The highest BCUT2D eigenvalue weighted by atomic mass is 32.2. The highest BCUT2D eigenvalue weighted by Gasteiger charge is 2.17. The number of thioether (sulfide) groups is 1. The van der Waals surface area contributed by atoms with E-state index < -0.39 is 0 Å². The Morgan fingerprint density at radius 1 is 0.914 bits per heavy atom. The lowest BCUT2D eigenvalue weighted by Gasteiger charge is -2.11. The van der Waals surface area contributed by atoms with Crippen LogP contribution in [0.3, 0.4) is 0 Å². The molecule has 3 aromatic carbocycles. The Bertz CT molecular complexity index is 1450. The standard InChI is InChI=1S/C27H23N5O2S/c1-34-22-14-12-21(13-15-22)28-25(33)18-35-27-31-30-26(32(27)17-19-7-3-2-4-8-19)24-16-11-20-9-5-6-10-23(20)29-24/h2-16H,17-18H2,1H3,(H,28,33). The van der Waals surface area contributed by atoms with Gasteiger partial charge in [-0.2, -0.15) is 0 Å². The minimum atomic E-state index is -0.125. The number of methoxy groups -OCH3 is 1. The molecule has 0 unspecified atom stereocenters. The van der Waals surface area contributed by atoms with E-state index in [0.29, 0.717) is 23.2 Å². The number of aromatic nitrogens is 4. The van der Waals surface area contributed by atoms with E-state index in [1.54, 1.807) is 7.11 Å². The molecule has 2 aromatic heterocycles. The van der Waals surface area contributed by atoms with Crippen molar-refractivity contribution in [2.24, 2.45) is 0 Å². The van der Waals surface area contributed by atoms with Gasteiger partial charge < -0.3 is 10.1 Å². The van der Waals surface area contributed by atoms with E-state index in [0.717, 1.165) is 27.9 Å². The molecule has 0 aliphatic carbocycles. The van der Waals surface area contributed by atoms with Gasteiger partial charge in [0.25, 0.3) is 0 Å². The monoisotopic (exact) mass is 481 g/mol. The summed E-state index contributed by atoms with van der Waals surface area (Å²) >= 11 is 1.35. The molecular weight excluding hydrogens is 458 g/mol. The van der Waals surface area contributed by atoms with Gasteiger partial charge in [0.1, 0.15) is 11.4 Å². The molecule has 0 spiro atoms. The summed E-state index contributed by atoms with van der Waals surface area (Å²) in [6.45, 7) is 0.570. The van der Waals surface area contributed by atoms with E-state index in [2.05, 4.69) is 27.6 Å². The predicted molar refractivity (Wildman–Crippen MR) is 139 cm³/mol. The summed E-state index contributed by atoms with van der Waals surface area (Å²) in [4.78, 5) is 17.4. The molecule has 5 rings (SSSR count). The van der Waals surface area contributed by atoms with Crippen molar-refractivity contribution < 1.29 is 9.53 Å². The topological polar surface area (TPSA) is 81.9 Å². The number of pyridine rings is 1. The van der Waals surface area contributed by atoms with Crippen LogP contribution in [-0.2, 0) is 11.3 Å². The molecule has 2 heterocycles. The van der Waals surface area contributed by atoms with Gasteiger partial charge in [0.2, 0.25) is 5.91 Å². The molecule has 7 nitrogen and oxygen atoms in total. The molecule has 0 radical (unpaired) electrons. The number of rotatable bonds is 8. The first-order valence-corrected chi connectivity index (χ1v) is 12.1. The van der Waals surface area contributed by atoms with Crippen molar-refractivity contribution in [2.75, 3.05) is 18.2 Å². The summed E-state index contributed by atoms with van der Waals surface area (Å²) in [6, 6.07) is 29.3. The van der Waals surface area contributed by atoms with Crippen molar-refractivity contribution in [1.29, 1.82) is 0 Å². The number of benzene rings is 3. The normalized spacial score (nSPS) is 10.9. The zero-order valence-corrected chi connectivity index (χ0v) is 19.9. The number of hydrogen-bond donors (Lipinski definition) is 1. The molecule has 1 N–H and O–H groups in total. The van der Waals surface area contributed by atoms with Gasteiger partial charge in [-0.25, -0.2) is 4.98 Å². The predicted octanol–water partition coefficient (Wildman–Crippen LogP) is 5.28. The van der Waals surface area contributed by atoms with Gasteiger partial charge in [-0.1, -0.05) is 66.4 Å². The van der Waals surface area contributed by atoms with Gasteiger partial charge in [0.15, 0.2) is 11.0 Å². The van der Waals surface area contributed by atoms with Crippen LogP contribution in [0.1, 0.15) is 5.56 Å². The zero-order valence-electron chi connectivity index (χ0n) is 19.1. The number of nitrogens with zero attached hydrogens (tertiary/aromatic N) is 4. The summed E-state index contributed by atoms with van der Waals surface area (Å²) in [5.41, 5.74) is 3.45. The zero-order chi connectivity index (χ0) is 24.0. The van der Waals surface area contributed by atoms with E-state index in [9.17, 15) is 4.79 Å². The second-order valence-electron chi connectivity index (χ2n) is 7.83. The molecule has 0 saturated carbocycles. The molecule has 0 bridgehead atoms. The van der Waals surface area contributed by atoms with Gasteiger partial charge in [0.05, 0.1) is 24.9 Å². The molecule has 174 valence electrons. The van der Waals surface area contributed by atoms with Crippen molar-refractivity contribution in [2.45, 2.75) is 11.7 Å². The molecule has 35 heavy (non-hydrogen) atoms. The van der Waals surface area contributed by atoms with Crippen LogP contribution in [0, 0.1) is 0 Å². The molecule has 1 amide bonds. The molecular formula is C27H23N5O2S. The first kappa shape index (κ1) is 22.6. The fourth-order valence-corrected chi connectivity index (χ4v) is 4.42. The summed E-state index contributed by atoms with van der Waals surface area (Å²) in [7, 11) is 1.61. The lowest BCUT2D eigenvalue weighted by atomic mass is 10.2. The minimum Gasteiger partial charge on any atom is -0.497 e. The minimum absolute atomic E-state index is 0.125. The first-order chi connectivity index (χ1) is 17.2. The lowest BCUT2D eigenvalue weighted by Crippen LogP contribution is -2.14. The smallest absolute Gasteiger partial charge is 0.234 e. The molecule has 5 aromatic rings. The van der Waals surface area contributed by atoms with Gasteiger partial charge in [-0.05, 0) is 42.0 Å². The Morgan fingerprint density at radius 3 is 2.49 bits per heavy atom. The Kier molecular flexibility index (Phi) is 6.72. The molecule has 0 saturated heterocycles. The first-order valence-electron chi connectivity index (χ1n) is 11.1. The van der Waals surface area contributed by atoms with Crippen molar-refractivity contribution in [3.05, 3.63) is 96.6 Å². The van der Waals surface area contributed by atoms with E-state index in [-0.39, 0.29) is 11.7 Å². The quantitative estimate of drug-likeness (QED) is 0.304. The number of fused-ring (bicyclic) bond motifs is 1. The maximum absolute atomic E-state index is 12.6. The highest BCUT2D eigenvalue weighted by molar-refractivity contribution is 7.99. The fourth-order valence-electron chi connectivity index (χ4n) is 3.69. The second kappa shape index (κ2) is 10.4. The Balaban J connectivity index is 1.39. The van der Waals surface area contributed by atoms with Crippen LogP contribution in [0.15, 0.2) is 96.2 Å². The van der Waals surface area contributed by atoms with Gasteiger partial charge in [0, 0.05) is 11.1 Å². The largest absolute Gasteiger partial charge is 0.497 e. The number of nitrogens with one attached hydrogen (secondary N) is 1. The molecule has 0 aliphatic rings. The van der Waals surface area contributed by atoms with Crippen LogP contribution < -0.4 is 10.1 Å². The third kappa shape index (κ3) is 5.33. The molecule has 0 atom stereocenters. The number of carbonyl (C=O) groups is 1. The Hall–Kier alpha value is -4.17. The van der Waals surface area contributed by atoms with E-state index in [4.69, 9.17) is 9.72 Å². The number of carbonyl (C=O) groups excluding carboxylic acids is 1. The van der Waals surface area contributed by atoms with Crippen LogP contribution in [-0.4, -0.2) is 38.5 Å². The molecule has 0 fully saturated rings. The van der Waals surface area contributed by atoms with Crippen LogP contribution in [0.4, 0.5) is 5.69 Å². The number of amides is 1. The van der Waals surface area contributed by atoms with Crippen molar-refractivity contribution >= 4 is 34.3 Å². The average Bonchev–Trinajstić information content (AvgIpc) is 3.30. The highest BCUT2D eigenvalue weighted by Crippen LogP contribution is 2.26. The summed E-state index contributed by atoms with van der Waals surface area (Å²) in [6.07, 6.45) is 0. The summed E-state index contributed by atoms with van der Waals surface area (Å²) < 4.78 is 7.18. The van der Waals surface area contributed by atoms with E-state index in [1.165, 1.54) is 11.8 Å². The van der Waals surface area contributed by atoms with Crippen LogP contribution >= 0.6 is 11.8 Å². The number of anilines is 1. The van der Waals surface area contributed by atoms with Crippen molar-refractivity contribution in [3.63, 3.8) is 0 Å². The molecule has 0 aliphatic heterocycles. The van der Waals surface area contributed by atoms with Crippen LogP contribution in [0.5, 0.6) is 5.75 Å². The maximum atomic E-state index is 12.6. The van der Waals surface area contributed by atoms with Crippen molar-refractivity contribution in [1.82, 2.24) is 19.7 Å². The van der Waals surface area contributed by atoms with Crippen LogP contribution in [0.25, 0.3) is 22.4 Å². The fraction of sp³-hybridized carbons (Fsp3) is 0.111. The van der Waals surface area contributed by atoms with Gasteiger partial charge in [-0.3, -0.25) is 9.36 Å². The maximum Gasteiger partial charge on any atom is 0.234 e. The van der Waals surface area contributed by atoms with E-state index >= 15 is 0 Å². The third-order valence-corrected chi connectivity index (χ3v) is 6.40.